The topological polar surface area (TPSA) is 65.2 Å². The molecule has 2 N–H and O–H groups in total. The smallest absolute Gasteiger partial charge is 0.248 e. The maximum Gasteiger partial charge on any atom is 0.248 e. The summed E-state index contributed by atoms with van der Waals surface area (Å²) in [4.78, 5) is 16.1. The third-order valence-electron chi connectivity index (χ3n) is 4.36. The molecule has 1 amide bonds. The van der Waals surface area contributed by atoms with E-state index in [1.165, 1.54) is 0 Å². The molecular weight excluding hydrogens is 290 g/mol. The van der Waals surface area contributed by atoms with Crippen molar-refractivity contribution < 1.29 is 4.79 Å². The van der Waals surface area contributed by atoms with Gasteiger partial charge in [0.15, 0.2) is 0 Å². The monoisotopic (exact) mass is 317 g/mol. The summed E-state index contributed by atoms with van der Waals surface area (Å²) in [6.07, 6.45) is 5.31. The number of nitrogens with zero attached hydrogens (tertiary/aromatic N) is 4. The maximum atomic E-state index is 11.4. The Kier molecular flexibility index (Phi) is 5.60. The third kappa shape index (κ3) is 4.22. The molecule has 0 saturated carbocycles. The zero-order valence-electron chi connectivity index (χ0n) is 14.3. The van der Waals surface area contributed by atoms with Crippen molar-refractivity contribution in [2.75, 3.05) is 32.7 Å². The van der Waals surface area contributed by atoms with Crippen LogP contribution in [0.1, 0.15) is 20.8 Å². The highest BCUT2D eigenvalue weighted by atomic mass is 16.1. The van der Waals surface area contributed by atoms with Gasteiger partial charge in [-0.3, -0.25) is 9.80 Å². The van der Waals surface area contributed by atoms with Crippen molar-refractivity contribution in [1.29, 1.82) is 0 Å². The lowest BCUT2D eigenvalue weighted by atomic mass is 10.0. The molecule has 0 aromatic rings. The summed E-state index contributed by atoms with van der Waals surface area (Å²) in [5.41, 5.74) is 6.78. The summed E-state index contributed by atoms with van der Waals surface area (Å²) >= 11 is 0. The van der Waals surface area contributed by atoms with Crippen molar-refractivity contribution in [3.05, 3.63) is 36.1 Å². The SMILES string of the molecule is C=C(C)C1C=C(C(N)=O)C=CN1/N=C(\C)N1CCN(CC)CC1. The maximum absolute atomic E-state index is 11.4. The van der Waals surface area contributed by atoms with Crippen molar-refractivity contribution in [3.63, 3.8) is 0 Å². The van der Waals surface area contributed by atoms with Gasteiger partial charge in [0.1, 0.15) is 5.84 Å². The number of amides is 1. The Morgan fingerprint density at radius 2 is 2.00 bits per heavy atom. The average molecular weight is 317 g/mol. The number of hydrogen-bond donors (Lipinski definition) is 1. The van der Waals surface area contributed by atoms with Crippen molar-refractivity contribution in [2.45, 2.75) is 26.8 Å². The lowest BCUT2D eigenvalue weighted by Gasteiger charge is -2.36. The Bertz CT molecular complexity index is 555. The number of carbonyl (C=O) groups is 1. The standard InChI is InChI=1S/C17H27N5O/c1-5-20-8-10-21(11-9-20)14(4)19-22-7-6-15(17(18)23)12-16(22)13(2)3/h6-7,12,16H,2,5,8-11H2,1,3-4H3,(H2,18,23)/b19-14+. The molecule has 0 bridgehead atoms. The van der Waals surface area contributed by atoms with Crippen LogP contribution in [0.3, 0.4) is 0 Å². The van der Waals surface area contributed by atoms with E-state index >= 15 is 0 Å². The van der Waals surface area contributed by atoms with Gasteiger partial charge in [-0.15, -0.1) is 0 Å². The molecular formula is C17H27N5O. The Hall–Kier alpha value is -2.08. The van der Waals surface area contributed by atoms with Crippen molar-refractivity contribution in [2.24, 2.45) is 10.8 Å². The fourth-order valence-electron chi connectivity index (χ4n) is 2.80. The van der Waals surface area contributed by atoms with Crippen LogP contribution < -0.4 is 5.73 Å². The van der Waals surface area contributed by atoms with E-state index in [0.717, 1.165) is 44.1 Å². The van der Waals surface area contributed by atoms with Gasteiger partial charge in [-0.2, -0.15) is 5.10 Å². The zero-order valence-corrected chi connectivity index (χ0v) is 14.3. The van der Waals surface area contributed by atoms with Crippen molar-refractivity contribution in [3.8, 4) is 0 Å². The number of primary amides is 1. The van der Waals surface area contributed by atoms with E-state index in [0.29, 0.717) is 5.57 Å². The Labute approximate surface area is 138 Å². The van der Waals surface area contributed by atoms with Gasteiger partial charge in [0.05, 0.1) is 6.04 Å². The highest BCUT2D eigenvalue weighted by Gasteiger charge is 2.22. The van der Waals surface area contributed by atoms with Crippen LogP contribution in [0.15, 0.2) is 41.2 Å². The normalized spacial score (nSPS) is 23.0. The molecule has 23 heavy (non-hydrogen) atoms. The second-order valence-corrected chi connectivity index (χ2v) is 6.04. The second-order valence-electron chi connectivity index (χ2n) is 6.04. The quantitative estimate of drug-likeness (QED) is 0.480. The van der Waals surface area contributed by atoms with Crippen LogP contribution in [0.4, 0.5) is 0 Å². The van der Waals surface area contributed by atoms with Gasteiger partial charge in [0.25, 0.3) is 0 Å². The molecule has 0 spiro atoms. The predicted molar refractivity (Wildman–Crippen MR) is 93.7 cm³/mol. The van der Waals surface area contributed by atoms with Crippen LogP contribution in [-0.4, -0.2) is 65.3 Å². The minimum Gasteiger partial charge on any atom is -0.366 e. The molecule has 1 atom stereocenters. The first-order valence-electron chi connectivity index (χ1n) is 8.08. The van der Waals surface area contributed by atoms with E-state index in [2.05, 4.69) is 23.3 Å². The van der Waals surface area contributed by atoms with E-state index < -0.39 is 5.91 Å². The van der Waals surface area contributed by atoms with E-state index in [-0.39, 0.29) is 6.04 Å². The Morgan fingerprint density at radius 3 is 2.52 bits per heavy atom. The van der Waals surface area contributed by atoms with Crippen LogP contribution in [0.25, 0.3) is 0 Å². The largest absolute Gasteiger partial charge is 0.366 e. The minimum atomic E-state index is -0.427. The fraction of sp³-hybridized carbons (Fsp3) is 0.529. The lowest BCUT2D eigenvalue weighted by molar-refractivity contribution is -0.114. The number of piperazine rings is 1. The van der Waals surface area contributed by atoms with Gasteiger partial charge >= 0.3 is 0 Å². The molecule has 1 saturated heterocycles. The Morgan fingerprint density at radius 1 is 1.35 bits per heavy atom. The molecule has 1 unspecified atom stereocenters. The first-order chi connectivity index (χ1) is 10.9. The highest BCUT2D eigenvalue weighted by molar-refractivity contribution is 5.95. The molecule has 0 aromatic heterocycles. The molecule has 6 nitrogen and oxygen atoms in total. The van der Waals surface area contributed by atoms with Crippen LogP contribution >= 0.6 is 0 Å². The minimum absolute atomic E-state index is 0.144. The molecule has 1 fully saturated rings. The number of hydrazone groups is 1. The molecule has 0 aliphatic carbocycles. The van der Waals surface area contributed by atoms with Crippen LogP contribution in [-0.2, 0) is 4.79 Å². The number of rotatable bonds is 4. The third-order valence-corrected chi connectivity index (χ3v) is 4.36. The van der Waals surface area contributed by atoms with Gasteiger partial charge in [0, 0.05) is 38.0 Å². The van der Waals surface area contributed by atoms with Gasteiger partial charge in [0.2, 0.25) is 5.91 Å². The first kappa shape index (κ1) is 17.3. The number of nitrogens with two attached hydrogens (primary N) is 1. The number of amidine groups is 1. The van der Waals surface area contributed by atoms with Gasteiger partial charge in [-0.05, 0) is 32.5 Å². The van der Waals surface area contributed by atoms with Crippen molar-refractivity contribution >= 4 is 11.7 Å². The second kappa shape index (κ2) is 7.46. The summed E-state index contributed by atoms with van der Waals surface area (Å²) in [5, 5.41) is 6.56. The van der Waals surface area contributed by atoms with Crippen LogP contribution in [0, 0.1) is 0 Å². The Balaban J connectivity index is 2.10. The molecule has 0 aromatic carbocycles. The zero-order chi connectivity index (χ0) is 17.0. The highest BCUT2D eigenvalue weighted by Crippen LogP contribution is 2.20. The first-order valence-corrected chi connectivity index (χ1v) is 8.08. The molecule has 6 heteroatoms. The van der Waals surface area contributed by atoms with Gasteiger partial charge < -0.3 is 15.5 Å². The lowest BCUT2D eigenvalue weighted by Crippen LogP contribution is -2.48. The average Bonchev–Trinajstić information content (AvgIpc) is 2.54. The molecule has 2 aliphatic heterocycles. The van der Waals surface area contributed by atoms with Crippen molar-refractivity contribution in [1.82, 2.24) is 14.8 Å². The summed E-state index contributed by atoms with van der Waals surface area (Å²) in [5.74, 6) is 0.552. The molecule has 0 radical (unpaired) electrons. The number of likely N-dealkylation sites (N-methyl/N-ethyl adjacent to an activating group) is 1. The van der Waals surface area contributed by atoms with Gasteiger partial charge in [-0.1, -0.05) is 19.1 Å². The van der Waals surface area contributed by atoms with Crippen LogP contribution in [0.5, 0.6) is 0 Å². The summed E-state index contributed by atoms with van der Waals surface area (Å²) in [6, 6.07) is -0.144. The molecule has 126 valence electrons. The summed E-state index contributed by atoms with van der Waals surface area (Å²) in [6.45, 7) is 15.3. The summed E-state index contributed by atoms with van der Waals surface area (Å²) in [7, 11) is 0. The molecule has 2 heterocycles. The van der Waals surface area contributed by atoms with E-state index in [1.54, 1.807) is 12.3 Å². The van der Waals surface area contributed by atoms with Crippen LogP contribution in [0.2, 0.25) is 0 Å². The van der Waals surface area contributed by atoms with Gasteiger partial charge in [-0.25, -0.2) is 0 Å². The summed E-state index contributed by atoms with van der Waals surface area (Å²) < 4.78 is 0. The van der Waals surface area contributed by atoms with E-state index in [9.17, 15) is 4.79 Å². The predicted octanol–water partition coefficient (Wildman–Crippen LogP) is 1.14. The van der Waals surface area contributed by atoms with E-state index in [4.69, 9.17) is 10.8 Å². The molecule has 2 aliphatic rings. The molecule has 2 rings (SSSR count). The van der Waals surface area contributed by atoms with E-state index in [1.807, 2.05) is 24.9 Å². The fourth-order valence-corrected chi connectivity index (χ4v) is 2.80. The number of hydrogen-bond acceptors (Lipinski definition) is 4. The number of carbonyl (C=O) groups excluding carboxylic acids is 1.